The molecular weight excluding hydrogens is 189 g/mol. The second-order valence-electron chi connectivity index (χ2n) is 1.86. The van der Waals surface area contributed by atoms with Gasteiger partial charge in [0, 0.05) is 12.1 Å². The van der Waals surface area contributed by atoms with Gasteiger partial charge in [0.05, 0.1) is 0 Å². The summed E-state index contributed by atoms with van der Waals surface area (Å²) >= 11 is 1.17. The van der Waals surface area contributed by atoms with Crippen molar-refractivity contribution in [2.24, 2.45) is 0 Å². The van der Waals surface area contributed by atoms with Crippen LogP contribution >= 0.6 is 12.4 Å². The Morgan fingerprint density at radius 1 is 1.33 bits per heavy atom. The second-order valence-corrected chi connectivity index (χ2v) is 1.86. The number of halogens is 1. The van der Waals surface area contributed by atoms with E-state index in [1.165, 1.54) is 16.2 Å². The molecule has 12 heavy (non-hydrogen) atoms. The third kappa shape index (κ3) is 6.24. The first-order valence-electron chi connectivity index (χ1n) is 3.22. The first-order valence-corrected chi connectivity index (χ1v) is 3.69. The van der Waals surface area contributed by atoms with Crippen LogP contribution in [0.2, 0.25) is 0 Å². The van der Waals surface area contributed by atoms with Gasteiger partial charge in [0.1, 0.15) is 0 Å². The van der Waals surface area contributed by atoms with E-state index >= 15 is 0 Å². The fraction of sp³-hybridized carbons (Fsp3) is 0.125. The molecule has 0 saturated carbocycles. The Bertz CT molecular complexity index is 211. The number of hydrogen-bond acceptors (Lipinski definition) is 1. The molecule has 1 aromatic heterocycles. The van der Waals surface area contributed by atoms with Crippen molar-refractivity contribution in [3.63, 3.8) is 0 Å². The van der Waals surface area contributed by atoms with Crippen molar-refractivity contribution >= 4 is 28.6 Å². The van der Waals surface area contributed by atoms with E-state index in [2.05, 4.69) is 11.1 Å². The molecule has 0 aliphatic rings. The van der Waals surface area contributed by atoms with Crippen molar-refractivity contribution in [1.29, 1.82) is 0 Å². The molecule has 1 aromatic rings. The topological polar surface area (TPSA) is 20.9 Å². The molecule has 0 aliphatic heterocycles. The van der Waals surface area contributed by atoms with Crippen LogP contribution in [-0.2, 0) is 10.3 Å². The van der Waals surface area contributed by atoms with Crippen molar-refractivity contribution in [3.05, 3.63) is 43.2 Å². The van der Waals surface area contributed by atoms with Crippen molar-refractivity contribution in [1.82, 2.24) is 0 Å². The summed E-state index contributed by atoms with van der Waals surface area (Å²) in [6.07, 6.45) is 5.91. The first-order chi connectivity index (χ1) is 5.43. The maximum absolute atomic E-state index is 8.17. The zero-order valence-corrected chi connectivity index (χ0v) is 8.69. The molecule has 0 saturated heterocycles. The van der Waals surface area contributed by atoms with Crippen LogP contribution in [0, 0.1) is 0 Å². The molecule has 0 N–H and O–H groups in total. The Hall–Kier alpha value is -0.488. The minimum absolute atomic E-state index is 0. The van der Waals surface area contributed by atoms with E-state index in [4.69, 9.17) is 3.80 Å². The van der Waals surface area contributed by atoms with Gasteiger partial charge >= 0.3 is 21.5 Å². The van der Waals surface area contributed by atoms with Crippen molar-refractivity contribution in [2.75, 3.05) is 0 Å². The van der Waals surface area contributed by atoms with Gasteiger partial charge in [-0.3, -0.25) is 0 Å². The average molecular weight is 201 g/mol. The normalized spacial score (nSPS) is 6.92. The van der Waals surface area contributed by atoms with E-state index in [9.17, 15) is 0 Å². The molecule has 0 bridgehead atoms. The number of nitrogens with zero attached hydrogens (tertiary/aromatic N) is 1. The Labute approximate surface area is 88.4 Å². The predicted octanol–water partition coefficient (Wildman–Crippen LogP) is 1.19. The number of allylic oxidation sites excluding steroid dienone is 1. The molecular formula is C8H12AlClNO+2. The van der Waals surface area contributed by atoms with E-state index in [0.717, 1.165) is 6.54 Å². The molecule has 0 aliphatic carbocycles. The SMILES string of the molecule is C=CC[n+]1ccccc1.Cl.[H+].[O]=[Al]. The summed E-state index contributed by atoms with van der Waals surface area (Å²) in [4.78, 5) is 0. The number of rotatable bonds is 2. The minimum atomic E-state index is 0. The van der Waals surface area contributed by atoms with Gasteiger partial charge in [-0.05, 0) is 6.08 Å². The van der Waals surface area contributed by atoms with Gasteiger partial charge in [0.25, 0.3) is 0 Å². The summed E-state index contributed by atoms with van der Waals surface area (Å²) in [5.41, 5.74) is 0. The summed E-state index contributed by atoms with van der Waals surface area (Å²) in [6.45, 7) is 4.52. The maximum atomic E-state index is 8.17. The molecule has 0 atom stereocenters. The molecule has 0 aromatic carbocycles. The third-order valence-corrected chi connectivity index (χ3v) is 1.12. The number of hydrogen-bond donors (Lipinski definition) is 0. The Balaban J connectivity index is -0.000000234. The van der Waals surface area contributed by atoms with Gasteiger partial charge in [0.2, 0.25) is 0 Å². The van der Waals surface area contributed by atoms with E-state index in [-0.39, 0.29) is 13.8 Å². The van der Waals surface area contributed by atoms with Crippen LogP contribution in [0.4, 0.5) is 0 Å². The molecule has 1 heterocycles. The summed E-state index contributed by atoms with van der Waals surface area (Å²) in [6, 6.07) is 6.01. The van der Waals surface area contributed by atoms with E-state index in [1.807, 2.05) is 36.7 Å². The predicted molar refractivity (Wildman–Crippen MR) is 51.6 cm³/mol. The van der Waals surface area contributed by atoms with Gasteiger partial charge in [-0.15, -0.1) is 12.4 Å². The van der Waals surface area contributed by atoms with Crippen molar-refractivity contribution in [2.45, 2.75) is 6.54 Å². The zero-order valence-electron chi connectivity index (χ0n) is 7.72. The number of aromatic nitrogens is 1. The van der Waals surface area contributed by atoms with Gasteiger partial charge in [-0.1, -0.05) is 12.6 Å². The Morgan fingerprint density at radius 2 is 1.83 bits per heavy atom. The molecule has 0 unspecified atom stereocenters. The molecule has 1 radical (unpaired) electrons. The van der Waals surface area contributed by atoms with Crippen LogP contribution in [-0.4, -0.2) is 16.2 Å². The molecule has 1 rings (SSSR count). The quantitative estimate of drug-likeness (QED) is 0.399. The average Bonchev–Trinajstić information content (AvgIpc) is 2.11. The molecule has 63 valence electrons. The van der Waals surface area contributed by atoms with Gasteiger partial charge in [-0.25, -0.2) is 4.57 Å². The molecule has 0 amide bonds. The monoisotopic (exact) mass is 200 g/mol. The Kier molecular flexibility index (Phi) is 12.3. The van der Waals surface area contributed by atoms with Crippen molar-refractivity contribution in [3.8, 4) is 0 Å². The first kappa shape index (κ1) is 14.1. The molecule has 0 fully saturated rings. The second kappa shape index (κ2) is 10.5. The van der Waals surface area contributed by atoms with Gasteiger partial charge in [-0.2, -0.15) is 0 Å². The standard InChI is InChI=1S/C8H10N.Al.ClH.O/c1-2-6-9-7-4-3-5-8-9;;;/h2-5,7-8H,1,6H2;;1H;/q+1;;;/p+1. The summed E-state index contributed by atoms with van der Waals surface area (Å²) < 4.78 is 10.2. The molecule has 0 spiro atoms. The number of pyridine rings is 1. The summed E-state index contributed by atoms with van der Waals surface area (Å²) in [5, 5.41) is 0. The zero-order chi connectivity index (χ0) is 8.53. The third-order valence-electron chi connectivity index (χ3n) is 1.12. The fourth-order valence-electron chi connectivity index (χ4n) is 0.705. The summed E-state index contributed by atoms with van der Waals surface area (Å²) in [5.74, 6) is 0. The van der Waals surface area contributed by atoms with E-state index < -0.39 is 0 Å². The Morgan fingerprint density at radius 3 is 2.25 bits per heavy atom. The van der Waals surface area contributed by atoms with Crippen molar-refractivity contribution < 1.29 is 9.80 Å². The molecule has 4 heteroatoms. The van der Waals surface area contributed by atoms with Crippen LogP contribution in [0.1, 0.15) is 1.43 Å². The van der Waals surface area contributed by atoms with Crippen LogP contribution in [0.25, 0.3) is 0 Å². The van der Waals surface area contributed by atoms with Crippen LogP contribution in [0.15, 0.2) is 43.2 Å². The fourth-order valence-corrected chi connectivity index (χ4v) is 0.705. The van der Waals surface area contributed by atoms with Crippen LogP contribution in [0.3, 0.4) is 0 Å². The van der Waals surface area contributed by atoms with Crippen LogP contribution in [0.5, 0.6) is 0 Å². The van der Waals surface area contributed by atoms with Crippen LogP contribution < -0.4 is 4.57 Å². The van der Waals surface area contributed by atoms with E-state index in [1.54, 1.807) is 0 Å². The molecule has 2 nitrogen and oxygen atoms in total. The van der Waals surface area contributed by atoms with E-state index in [0.29, 0.717) is 0 Å². The van der Waals surface area contributed by atoms with Gasteiger partial charge < -0.3 is 0 Å². The summed E-state index contributed by atoms with van der Waals surface area (Å²) in [7, 11) is 0. The van der Waals surface area contributed by atoms with Gasteiger partial charge in [0.15, 0.2) is 18.9 Å².